The molecule has 0 saturated heterocycles. The summed E-state index contributed by atoms with van der Waals surface area (Å²) in [6.45, 7) is 2.15. The summed E-state index contributed by atoms with van der Waals surface area (Å²) in [7, 11) is 2.01. The van der Waals surface area contributed by atoms with Gasteiger partial charge in [0, 0.05) is 24.3 Å². The van der Waals surface area contributed by atoms with Crippen LogP contribution in [0, 0.1) is 0 Å². The first kappa shape index (κ1) is 11.5. The molecule has 2 aromatic heterocycles. The number of halogens is 1. The average molecular weight is 298 g/mol. The molecule has 0 aliphatic heterocycles. The second kappa shape index (κ2) is 4.93. The van der Waals surface area contributed by atoms with Crippen LogP contribution >= 0.6 is 27.3 Å². The van der Waals surface area contributed by atoms with Gasteiger partial charge in [-0.3, -0.25) is 0 Å². The fourth-order valence-electron chi connectivity index (χ4n) is 1.38. The summed E-state index contributed by atoms with van der Waals surface area (Å²) in [6.07, 6.45) is 3.53. The summed E-state index contributed by atoms with van der Waals surface area (Å²) < 4.78 is 0.897. The minimum absolute atomic E-state index is 0.293. The second-order valence-electron chi connectivity index (χ2n) is 3.50. The molecule has 3 nitrogen and oxygen atoms in total. The zero-order valence-electron chi connectivity index (χ0n) is 9.09. The van der Waals surface area contributed by atoms with Crippen molar-refractivity contribution < 1.29 is 0 Å². The number of rotatable bonds is 3. The zero-order chi connectivity index (χ0) is 11.5. The maximum absolute atomic E-state index is 4.28. The van der Waals surface area contributed by atoms with Crippen molar-refractivity contribution in [1.82, 2.24) is 9.97 Å². The van der Waals surface area contributed by atoms with E-state index in [0.717, 1.165) is 10.4 Å². The maximum Gasteiger partial charge on any atom is 0.225 e. The molecule has 0 saturated carbocycles. The minimum Gasteiger partial charge on any atom is -0.336 e. The van der Waals surface area contributed by atoms with E-state index in [1.165, 1.54) is 4.88 Å². The van der Waals surface area contributed by atoms with Crippen LogP contribution in [0.1, 0.15) is 17.8 Å². The van der Waals surface area contributed by atoms with Crippen LogP contribution < -0.4 is 4.90 Å². The fraction of sp³-hybridized carbons (Fsp3) is 0.273. The Kier molecular flexibility index (Phi) is 3.56. The predicted octanol–water partition coefficient (Wildman–Crippen LogP) is 3.50. The van der Waals surface area contributed by atoms with Crippen LogP contribution in [0.4, 0.5) is 5.95 Å². The van der Waals surface area contributed by atoms with Crippen molar-refractivity contribution in [1.29, 1.82) is 0 Å². The molecule has 2 aromatic rings. The maximum atomic E-state index is 4.28. The molecule has 1 atom stereocenters. The smallest absolute Gasteiger partial charge is 0.225 e. The Hall–Kier alpha value is -0.940. The number of hydrogen-bond acceptors (Lipinski definition) is 4. The normalized spacial score (nSPS) is 12.4. The highest BCUT2D eigenvalue weighted by molar-refractivity contribution is 9.10. The van der Waals surface area contributed by atoms with Gasteiger partial charge >= 0.3 is 0 Å². The molecule has 0 aromatic carbocycles. The number of aromatic nitrogens is 2. The Labute approximate surface area is 107 Å². The third-order valence-electron chi connectivity index (χ3n) is 2.46. The molecule has 0 amide bonds. The quantitative estimate of drug-likeness (QED) is 0.868. The van der Waals surface area contributed by atoms with Crippen LogP contribution in [-0.4, -0.2) is 17.0 Å². The first-order valence-electron chi connectivity index (χ1n) is 4.92. The average Bonchev–Trinajstić information content (AvgIpc) is 2.81. The van der Waals surface area contributed by atoms with Crippen LogP contribution in [0.2, 0.25) is 0 Å². The van der Waals surface area contributed by atoms with Gasteiger partial charge in [-0.15, -0.1) is 11.3 Å². The number of anilines is 1. The van der Waals surface area contributed by atoms with Crippen molar-refractivity contribution in [3.63, 3.8) is 0 Å². The lowest BCUT2D eigenvalue weighted by molar-refractivity contribution is 0.727. The van der Waals surface area contributed by atoms with Gasteiger partial charge < -0.3 is 4.90 Å². The summed E-state index contributed by atoms with van der Waals surface area (Å²) in [4.78, 5) is 11.9. The highest BCUT2D eigenvalue weighted by Crippen LogP contribution is 2.25. The van der Waals surface area contributed by atoms with Crippen molar-refractivity contribution in [2.24, 2.45) is 0 Å². The van der Waals surface area contributed by atoms with Crippen LogP contribution in [-0.2, 0) is 0 Å². The Morgan fingerprint density at radius 1 is 1.38 bits per heavy atom. The molecular formula is C11H12BrN3S. The first-order chi connectivity index (χ1) is 7.68. The lowest BCUT2D eigenvalue weighted by atomic mass is 10.2. The number of thiophene rings is 1. The van der Waals surface area contributed by atoms with E-state index >= 15 is 0 Å². The molecule has 0 aliphatic rings. The van der Waals surface area contributed by atoms with E-state index in [1.54, 1.807) is 23.7 Å². The third-order valence-corrected chi connectivity index (χ3v) is 3.91. The largest absolute Gasteiger partial charge is 0.336 e. The molecule has 0 bridgehead atoms. The molecule has 2 heterocycles. The van der Waals surface area contributed by atoms with Crippen LogP contribution in [0.25, 0.3) is 0 Å². The van der Waals surface area contributed by atoms with E-state index in [-0.39, 0.29) is 0 Å². The van der Waals surface area contributed by atoms with Gasteiger partial charge in [-0.2, -0.15) is 0 Å². The summed E-state index contributed by atoms with van der Waals surface area (Å²) in [5.41, 5.74) is 0. The lowest BCUT2D eigenvalue weighted by Crippen LogP contribution is -2.22. The highest BCUT2D eigenvalue weighted by Gasteiger charge is 2.14. The predicted molar refractivity (Wildman–Crippen MR) is 70.9 cm³/mol. The van der Waals surface area contributed by atoms with E-state index in [2.05, 4.69) is 55.2 Å². The van der Waals surface area contributed by atoms with Gasteiger partial charge in [-0.1, -0.05) is 6.07 Å². The number of hydrogen-bond donors (Lipinski definition) is 0. The molecule has 0 aliphatic carbocycles. The summed E-state index contributed by atoms with van der Waals surface area (Å²) in [5, 5.41) is 2.09. The van der Waals surface area contributed by atoms with Gasteiger partial charge in [0.15, 0.2) is 0 Å². The fourth-order valence-corrected chi connectivity index (χ4v) is 2.41. The van der Waals surface area contributed by atoms with Crippen molar-refractivity contribution in [2.45, 2.75) is 13.0 Å². The SMILES string of the molecule is CC(c1cccs1)N(C)c1ncc(Br)cn1. The van der Waals surface area contributed by atoms with Gasteiger partial charge in [0.1, 0.15) is 0 Å². The van der Waals surface area contributed by atoms with Crippen molar-refractivity contribution in [3.8, 4) is 0 Å². The molecule has 2 rings (SSSR count). The van der Waals surface area contributed by atoms with E-state index in [4.69, 9.17) is 0 Å². The molecule has 0 fully saturated rings. The van der Waals surface area contributed by atoms with Crippen LogP contribution in [0.15, 0.2) is 34.4 Å². The third kappa shape index (κ3) is 2.41. The molecule has 16 heavy (non-hydrogen) atoms. The Morgan fingerprint density at radius 3 is 2.62 bits per heavy atom. The lowest BCUT2D eigenvalue weighted by Gasteiger charge is -2.23. The van der Waals surface area contributed by atoms with Crippen LogP contribution in [0.5, 0.6) is 0 Å². The van der Waals surface area contributed by atoms with Crippen molar-refractivity contribution in [2.75, 3.05) is 11.9 Å². The Balaban J connectivity index is 2.19. The van der Waals surface area contributed by atoms with E-state index < -0.39 is 0 Å². The molecule has 5 heteroatoms. The minimum atomic E-state index is 0.293. The summed E-state index contributed by atoms with van der Waals surface area (Å²) in [6, 6.07) is 4.48. The van der Waals surface area contributed by atoms with Gasteiger partial charge in [0.05, 0.1) is 10.5 Å². The van der Waals surface area contributed by atoms with Gasteiger partial charge in [0.25, 0.3) is 0 Å². The molecule has 1 unspecified atom stereocenters. The highest BCUT2D eigenvalue weighted by atomic mass is 79.9. The molecule has 0 radical (unpaired) electrons. The van der Waals surface area contributed by atoms with E-state index in [0.29, 0.717) is 6.04 Å². The molecule has 0 spiro atoms. The standard InChI is InChI=1S/C11H12BrN3S/c1-8(10-4-3-5-16-10)15(2)11-13-6-9(12)7-14-11/h3-8H,1-2H3. The molecular weight excluding hydrogens is 286 g/mol. The second-order valence-corrected chi connectivity index (χ2v) is 5.40. The summed E-state index contributed by atoms with van der Waals surface area (Å²) in [5.74, 6) is 0.740. The van der Waals surface area contributed by atoms with Gasteiger partial charge in [-0.25, -0.2) is 9.97 Å². The zero-order valence-corrected chi connectivity index (χ0v) is 11.5. The van der Waals surface area contributed by atoms with Gasteiger partial charge in [-0.05, 0) is 34.3 Å². The van der Waals surface area contributed by atoms with E-state index in [1.807, 2.05) is 7.05 Å². The Morgan fingerprint density at radius 2 is 2.06 bits per heavy atom. The van der Waals surface area contributed by atoms with Crippen molar-refractivity contribution in [3.05, 3.63) is 39.3 Å². The molecule has 0 N–H and O–H groups in total. The van der Waals surface area contributed by atoms with E-state index in [9.17, 15) is 0 Å². The topological polar surface area (TPSA) is 29.0 Å². The Bertz CT molecular complexity index is 441. The first-order valence-corrected chi connectivity index (χ1v) is 6.59. The summed E-state index contributed by atoms with van der Waals surface area (Å²) >= 11 is 5.08. The number of nitrogens with zero attached hydrogens (tertiary/aromatic N) is 3. The monoisotopic (exact) mass is 297 g/mol. The van der Waals surface area contributed by atoms with Crippen molar-refractivity contribution >= 4 is 33.2 Å². The molecule has 84 valence electrons. The van der Waals surface area contributed by atoms with Gasteiger partial charge in [0.2, 0.25) is 5.95 Å². The van der Waals surface area contributed by atoms with Crippen LogP contribution in [0.3, 0.4) is 0 Å².